The molecule has 0 unspecified atom stereocenters. The number of hydrogen-bond acceptors (Lipinski definition) is 4. The highest BCUT2D eigenvalue weighted by atomic mass is 79.9. The molecule has 6 heteroatoms. The number of fused-ring (bicyclic) bond motifs is 1. The summed E-state index contributed by atoms with van der Waals surface area (Å²) in [5, 5.41) is 1.99. The molecule has 0 aliphatic heterocycles. The van der Waals surface area contributed by atoms with Crippen molar-refractivity contribution in [2.75, 3.05) is 0 Å². The van der Waals surface area contributed by atoms with Crippen LogP contribution in [0.3, 0.4) is 0 Å². The van der Waals surface area contributed by atoms with Crippen molar-refractivity contribution < 1.29 is 0 Å². The van der Waals surface area contributed by atoms with Gasteiger partial charge in [-0.2, -0.15) is 0 Å². The second-order valence-electron chi connectivity index (χ2n) is 3.44. The maximum absolute atomic E-state index is 11.5. The van der Waals surface area contributed by atoms with E-state index in [1.54, 1.807) is 17.5 Å². The van der Waals surface area contributed by atoms with E-state index >= 15 is 0 Å². The Labute approximate surface area is 108 Å². The van der Waals surface area contributed by atoms with Crippen LogP contribution in [0.5, 0.6) is 0 Å². The molecule has 0 saturated heterocycles. The van der Waals surface area contributed by atoms with Crippen LogP contribution in [0, 0.1) is 0 Å². The normalized spacial score (nSPS) is 10.9. The fraction of sp³-hybridized carbons (Fsp3) is 0. The van der Waals surface area contributed by atoms with Gasteiger partial charge in [-0.3, -0.25) is 9.78 Å². The van der Waals surface area contributed by atoms with Crippen LogP contribution in [0.25, 0.3) is 21.6 Å². The molecule has 3 aromatic rings. The summed E-state index contributed by atoms with van der Waals surface area (Å²) in [6.07, 6.45) is 3.20. The maximum atomic E-state index is 11.5. The Morgan fingerprint density at radius 1 is 1.29 bits per heavy atom. The summed E-state index contributed by atoms with van der Waals surface area (Å²) in [5.41, 5.74) is 1.57. The van der Waals surface area contributed by atoms with E-state index in [4.69, 9.17) is 0 Å². The molecule has 3 aromatic heterocycles. The van der Waals surface area contributed by atoms with Crippen molar-refractivity contribution in [3.05, 3.63) is 44.7 Å². The fourth-order valence-electron chi connectivity index (χ4n) is 1.50. The number of aromatic nitrogens is 3. The van der Waals surface area contributed by atoms with E-state index in [0.29, 0.717) is 10.3 Å². The third kappa shape index (κ3) is 1.89. The van der Waals surface area contributed by atoms with Crippen LogP contribution in [-0.2, 0) is 0 Å². The lowest BCUT2D eigenvalue weighted by Crippen LogP contribution is -2.08. The number of hydrogen-bond donors (Lipinski definition) is 1. The van der Waals surface area contributed by atoms with Crippen molar-refractivity contribution in [3.63, 3.8) is 0 Å². The van der Waals surface area contributed by atoms with Gasteiger partial charge in [0.1, 0.15) is 10.3 Å². The summed E-state index contributed by atoms with van der Waals surface area (Å²) in [6, 6.07) is 3.93. The average molecular weight is 308 g/mol. The van der Waals surface area contributed by atoms with Crippen LogP contribution in [0.15, 0.2) is 39.2 Å². The highest BCUT2D eigenvalue weighted by Crippen LogP contribution is 2.23. The molecular formula is C11H6BrN3OS. The van der Waals surface area contributed by atoms with E-state index in [1.807, 2.05) is 17.5 Å². The Morgan fingerprint density at radius 3 is 3.00 bits per heavy atom. The van der Waals surface area contributed by atoms with Gasteiger partial charge < -0.3 is 4.98 Å². The number of halogens is 1. The highest BCUT2D eigenvalue weighted by molar-refractivity contribution is 9.10. The third-order valence-electron chi connectivity index (χ3n) is 2.33. The largest absolute Gasteiger partial charge is 0.306 e. The van der Waals surface area contributed by atoms with Crippen LogP contribution in [0.2, 0.25) is 0 Å². The number of thiophene rings is 1. The van der Waals surface area contributed by atoms with Gasteiger partial charge in [-0.15, -0.1) is 11.3 Å². The quantitative estimate of drug-likeness (QED) is 0.752. The van der Waals surface area contributed by atoms with Gasteiger partial charge in [-0.05, 0) is 33.4 Å². The molecule has 17 heavy (non-hydrogen) atoms. The summed E-state index contributed by atoms with van der Waals surface area (Å²) in [6.45, 7) is 0. The zero-order valence-corrected chi connectivity index (χ0v) is 10.9. The van der Waals surface area contributed by atoms with E-state index in [9.17, 15) is 4.79 Å². The number of pyridine rings is 1. The predicted octanol–water partition coefficient (Wildman–Crippen LogP) is 2.81. The number of H-pyrrole nitrogens is 1. The van der Waals surface area contributed by atoms with Gasteiger partial charge in [-0.25, -0.2) is 4.98 Å². The molecular weight excluding hydrogens is 302 g/mol. The number of nitrogens with one attached hydrogen (secondary N) is 1. The molecule has 4 nitrogen and oxygen atoms in total. The first-order chi connectivity index (χ1) is 8.24. The first-order valence-corrected chi connectivity index (χ1v) is 6.50. The Bertz CT molecular complexity index is 750. The van der Waals surface area contributed by atoms with E-state index in [0.717, 1.165) is 15.8 Å². The van der Waals surface area contributed by atoms with E-state index in [2.05, 4.69) is 30.9 Å². The van der Waals surface area contributed by atoms with Crippen LogP contribution in [-0.4, -0.2) is 15.0 Å². The van der Waals surface area contributed by atoms with E-state index < -0.39 is 0 Å². The number of aromatic amines is 1. The van der Waals surface area contributed by atoms with Crippen LogP contribution >= 0.6 is 27.3 Å². The lowest BCUT2D eigenvalue weighted by atomic mass is 10.2. The summed E-state index contributed by atoms with van der Waals surface area (Å²) >= 11 is 4.73. The van der Waals surface area contributed by atoms with Crippen molar-refractivity contribution in [3.8, 4) is 11.4 Å². The SMILES string of the molecule is O=c1[nH]c(-c2cnc3ccsc3c2)ncc1Br. The predicted molar refractivity (Wildman–Crippen MR) is 71.2 cm³/mol. The molecule has 0 radical (unpaired) electrons. The zero-order chi connectivity index (χ0) is 11.8. The van der Waals surface area contributed by atoms with Gasteiger partial charge >= 0.3 is 0 Å². The van der Waals surface area contributed by atoms with Crippen LogP contribution < -0.4 is 5.56 Å². The summed E-state index contributed by atoms with van der Waals surface area (Å²) in [7, 11) is 0. The Kier molecular flexibility index (Phi) is 2.53. The number of nitrogens with zero attached hydrogens (tertiary/aromatic N) is 2. The Hall–Kier alpha value is -1.53. The highest BCUT2D eigenvalue weighted by Gasteiger charge is 2.05. The summed E-state index contributed by atoms with van der Waals surface area (Å²) in [4.78, 5) is 22.6. The van der Waals surface area contributed by atoms with Gasteiger partial charge in [-0.1, -0.05) is 0 Å². The molecule has 0 aliphatic carbocycles. The molecule has 0 aliphatic rings. The second kappa shape index (κ2) is 4.05. The first kappa shape index (κ1) is 10.6. The van der Waals surface area contributed by atoms with Crippen molar-refractivity contribution in [2.45, 2.75) is 0 Å². The molecule has 3 rings (SSSR count). The minimum absolute atomic E-state index is 0.193. The smallest absolute Gasteiger partial charge is 0.265 e. The van der Waals surface area contributed by atoms with Crippen LogP contribution in [0.4, 0.5) is 0 Å². The molecule has 0 aromatic carbocycles. The minimum Gasteiger partial charge on any atom is -0.306 e. The maximum Gasteiger partial charge on any atom is 0.265 e. The van der Waals surface area contributed by atoms with Gasteiger partial charge in [0.15, 0.2) is 0 Å². The van der Waals surface area contributed by atoms with Gasteiger partial charge in [0.25, 0.3) is 5.56 Å². The molecule has 0 saturated carbocycles. The minimum atomic E-state index is -0.193. The molecule has 1 N–H and O–H groups in total. The Morgan fingerprint density at radius 2 is 2.18 bits per heavy atom. The Balaban J connectivity index is 2.19. The van der Waals surface area contributed by atoms with Crippen molar-refractivity contribution >= 4 is 37.5 Å². The molecule has 0 bridgehead atoms. The van der Waals surface area contributed by atoms with E-state index in [-0.39, 0.29) is 5.56 Å². The fourth-order valence-corrected chi connectivity index (χ4v) is 2.48. The summed E-state index contributed by atoms with van der Waals surface area (Å²) in [5.74, 6) is 0.529. The van der Waals surface area contributed by atoms with Crippen molar-refractivity contribution in [2.24, 2.45) is 0 Å². The molecule has 0 spiro atoms. The molecule has 0 fully saturated rings. The third-order valence-corrected chi connectivity index (χ3v) is 3.75. The van der Waals surface area contributed by atoms with Gasteiger partial charge in [0, 0.05) is 18.0 Å². The lowest BCUT2D eigenvalue weighted by molar-refractivity contribution is 1.11. The van der Waals surface area contributed by atoms with E-state index in [1.165, 1.54) is 6.20 Å². The molecule has 0 amide bonds. The topological polar surface area (TPSA) is 58.6 Å². The van der Waals surface area contributed by atoms with Gasteiger partial charge in [0.2, 0.25) is 0 Å². The summed E-state index contributed by atoms with van der Waals surface area (Å²) < 4.78 is 1.50. The van der Waals surface area contributed by atoms with Crippen LogP contribution in [0.1, 0.15) is 0 Å². The first-order valence-electron chi connectivity index (χ1n) is 4.82. The zero-order valence-electron chi connectivity index (χ0n) is 8.48. The average Bonchev–Trinajstić information content (AvgIpc) is 2.79. The monoisotopic (exact) mass is 307 g/mol. The second-order valence-corrected chi connectivity index (χ2v) is 5.24. The number of rotatable bonds is 1. The van der Waals surface area contributed by atoms with Crippen molar-refractivity contribution in [1.29, 1.82) is 0 Å². The van der Waals surface area contributed by atoms with Gasteiger partial charge in [0.05, 0.1) is 10.2 Å². The van der Waals surface area contributed by atoms with Crippen molar-refractivity contribution in [1.82, 2.24) is 15.0 Å². The molecule has 84 valence electrons. The molecule has 3 heterocycles. The molecule has 0 atom stereocenters. The lowest BCUT2D eigenvalue weighted by Gasteiger charge is -2.00. The standard InChI is InChI=1S/C11H6BrN3OS/c12-7-5-14-10(15-11(7)16)6-3-9-8(13-4-6)1-2-17-9/h1-5H,(H,14,15,16).